The summed E-state index contributed by atoms with van der Waals surface area (Å²) in [5.74, 6) is -1.45. The summed E-state index contributed by atoms with van der Waals surface area (Å²) in [6.07, 6.45) is 57.0. The summed E-state index contributed by atoms with van der Waals surface area (Å²) in [7, 11) is 5.55. The molecule has 2 atom stereocenters. The standard InChI is InChI=1S/C58H111NO7/c1-6-8-10-12-14-16-18-20-22-24-26-28-29-31-32-34-36-38-40-42-44-46-48-56(60)65-53-54(52-64-51-50-55(58(62)63)59(3,4)5)66-57(61)49-47-45-43-41-39-37-35-33-30-27-25-23-21-19-17-15-13-11-9-7-2/h27,30,54-55H,6-26,28-29,31-53H2,1-5H3/p+1/b30-27+. The van der Waals surface area contributed by atoms with Crippen LogP contribution in [0, 0.1) is 0 Å². The van der Waals surface area contributed by atoms with Gasteiger partial charge in [0.2, 0.25) is 0 Å². The van der Waals surface area contributed by atoms with Crippen LogP contribution in [0.5, 0.6) is 0 Å². The van der Waals surface area contributed by atoms with Crippen LogP contribution >= 0.6 is 0 Å². The molecule has 0 heterocycles. The van der Waals surface area contributed by atoms with E-state index in [0.717, 1.165) is 38.5 Å². The Bertz CT molecular complexity index is 1090. The average molecular weight is 936 g/mol. The van der Waals surface area contributed by atoms with Crippen molar-refractivity contribution < 1.29 is 38.2 Å². The first-order valence-electron chi connectivity index (χ1n) is 28.7. The summed E-state index contributed by atoms with van der Waals surface area (Å²) < 4.78 is 17.4. The molecule has 0 fully saturated rings. The van der Waals surface area contributed by atoms with E-state index in [1.165, 1.54) is 218 Å². The summed E-state index contributed by atoms with van der Waals surface area (Å²) >= 11 is 0. The number of carboxylic acids is 1. The quantitative estimate of drug-likeness (QED) is 0.0281. The molecule has 0 aromatic heterocycles. The smallest absolute Gasteiger partial charge is 0.362 e. The summed E-state index contributed by atoms with van der Waals surface area (Å²) in [4.78, 5) is 37.3. The van der Waals surface area contributed by atoms with Crippen molar-refractivity contribution in [1.29, 1.82) is 0 Å². The van der Waals surface area contributed by atoms with Gasteiger partial charge in [-0.15, -0.1) is 0 Å². The number of ether oxygens (including phenoxy) is 3. The number of hydrogen-bond acceptors (Lipinski definition) is 6. The van der Waals surface area contributed by atoms with Crippen LogP contribution in [0.1, 0.15) is 290 Å². The fourth-order valence-electron chi connectivity index (χ4n) is 8.97. The molecule has 0 aromatic rings. The number of carbonyl (C=O) groups is 3. The first kappa shape index (κ1) is 64.1. The van der Waals surface area contributed by atoms with Crippen LogP contribution in [-0.2, 0) is 28.6 Å². The number of carboxylic acid groups (broad SMARTS) is 1. The maximum absolute atomic E-state index is 12.8. The SMILES string of the molecule is CCCCCCCCCCC/C=C/CCCCCCCCCC(=O)OC(COCCC(C(=O)O)[N+](C)(C)C)COC(=O)CCCCCCCCCCCCCCCCCCCCCCCC. The maximum Gasteiger partial charge on any atom is 0.362 e. The van der Waals surface area contributed by atoms with Gasteiger partial charge in [-0.2, -0.15) is 0 Å². The van der Waals surface area contributed by atoms with Gasteiger partial charge in [-0.25, -0.2) is 4.79 Å². The van der Waals surface area contributed by atoms with Crippen molar-refractivity contribution in [3.8, 4) is 0 Å². The molecule has 8 heteroatoms. The molecule has 0 spiro atoms. The Morgan fingerprint density at radius 1 is 0.439 bits per heavy atom. The lowest BCUT2D eigenvalue weighted by molar-refractivity contribution is -0.887. The Labute approximate surface area is 409 Å². The zero-order valence-electron chi connectivity index (χ0n) is 44.7. The fourth-order valence-corrected chi connectivity index (χ4v) is 8.97. The molecule has 390 valence electrons. The van der Waals surface area contributed by atoms with Crippen LogP contribution < -0.4 is 0 Å². The molecule has 66 heavy (non-hydrogen) atoms. The Kier molecular flexibility index (Phi) is 48.0. The van der Waals surface area contributed by atoms with E-state index in [0.29, 0.717) is 19.3 Å². The highest BCUT2D eigenvalue weighted by Gasteiger charge is 2.31. The predicted molar refractivity (Wildman–Crippen MR) is 280 cm³/mol. The van der Waals surface area contributed by atoms with Crippen molar-refractivity contribution in [3.63, 3.8) is 0 Å². The van der Waals surface area contributed by atoms with Gasteiger partial charge in [0.25, 0.3) is 0 Å². The second-order valence-electron chi connectivity index (χ2n) is 20.9. The lowest BCUT2D eigenvalue weighted by Gasteiger charge is -2.31. The molecule has 1 N–H and O–H groups in total. The largest absolute Gasteiger partial charge is 0.477 e. The number of unbranched alkanes of at least 4 members (excludes halogenated alkanes) is 37. The summed E-state index contributed by atoms with van der Waals surface area (Å²) in [6.45, 7) is 4.80. The summed E-state index contributed by atoms with van der Waals surface area (Å²) in [6, 6.07) is -0.612. The number of likely N-dealkylation sites (N-methyl/N-ethyl adjacent to an activating group) is 1. The second-order valence-corrected chi connectivity index (χ2v) is 20.9. The van der Waals surface area contributed by atoms with Crippen molar-refractivity contribution in [3.05, 3.63) is 12.2 Å². The summed E-state index contributed by atoms with van der Waals surface area (Å²) in [5, 5.41) is 9.67. The Hall–Kier alpha value is -1.93. The highest BCUT2D eigenvalue weighted by atomic mass is 16.6. The van der Waals surface area contributed by atoms with Crippen LogP contribution in [-0.4, -0.2) is 80.6 Å². The maximum atomic E-state index is 12.8. The van der Waals surface area contributed by atoms with Gasteiger partial charge in [0.15, 0.2) is 12.1 Å². The van der Waals surface area contributed by atoms with E-state index in [-0.39, 0.29) is 36.2 Å². The molecule has 0 amide bonds. The third-order valence-electron chi connectivity index (χ3n) is 13.4. The van der Waals surface area contributed by atoms with E-state index in [4.69, 9.17) is 14.2 Å². The van der Waals surface area contributed by atoms with Crippen LogP contribution in [0.2, 0.25) is 0 Å². The molecular formula is C58H112NO7+. The highest BCUT2D eigenvalue weighted by Crippen LogP contribution is 2.17. The number of rotatable bonds is 53. The van der Waals surface area contributed by atoms with Crippen LogP contribution in [0.25, 0.3) is 0 Å². The minimum Gasteiger partial charge on any atom is -0.477 e. The number of esters is 2. The molecule has 0 aromatic carbocycles. The van der Waals surface area contributed by atoms with Gasteiger partial charge < -0.3 is 23.8 Å². The van der Waals surface area contributed by atoms with Gasteiger partial charge in [-0.3, -0.25) is 9.59 Å². The molecule has 0 saturated heterocycles. The van der Waals surface area contributed by atoms with Gasteiger partial charge in [-0.1, -0.05) is 244 Å². The molecule has 0 bridgehead atoms. The van der Waals surface area contributed by atoms with Crippen molar-refractivity contribution >= 4 is 17.9 Å². The minimum atomic E-state index is -0.870. The summed E-state index contributed by atoms with van der Waals surface area (Å²) in [5.41, 5.74) is 0. The first-order valence-corrected chi connectivity index (χ1v) is 28.7. The number of carbonyl (C=O) groups excluding carboxylic acids is 2. The van der Waals surface area contributed by atoms with Crippen molar-refractivity contribution in [1.82, 2.24) is 0 Å². The van der Waals surface area contributed by atoms with E-state index < -0.39 is 18.1 Å². The second kappa shape index (κ2) is 49.5. The highest BCUT2D eigenvalue weighted by molar-refractivity contribution is 5.72. The third kappa shape index (κ3) is 47.1. The first-order chi connectivity index (χ1) is 32.1. The lowest BCUT2D eigenvalue weighted by atomic mass is 10.0. The van der Waals surface area contributed by atoms with E-state index in [9.17, 15) is 19.5 Å². The van der Waals surface area contributed by atoms with Gasteiger partial charge in [-0.05, 0) is 38.5 Å². The van der Waals surface area contributed by atoms with Crippen molar-refractivity contribution in [2.24, 2.45) is 0 Å². The molecule has 8 nitrogen and oxygen atoms in total. The number of hydrogen-bond donors (Lipinski definition) is 1. The topological polar surface area (TPSA) is 99.1 Å². The van der Waals surface area contributed by atoms with Gasteiger partial charge in [0, 0.05) is 19.3 Å². The van der Waals surface area contributed by atoms with Crippen molar-refractivity contribution in [2.45, 2.75) is 302 Å². The minimum absolute atomic E-state index is 0.0456. The van der Waals surface area contributed by atoms with Crippen LogP contribution in [0.3, 0.4) is 0 Å². The molecule has 2 unspecified atom stereocenters. The Balaban J connectivity index is 4.13. The fraction of sp³-hybridized carbons (Fsp3) is 0.914. The molecule has 0 rings (SSSR count). The predicted octanol–water partition coefficient (Wildman–Crippen LogP) is 17.0. The Morgan fingerprint density at radius 2 is 0.758 bits per heavy atom. The van der Waals surface area contributed by atoms with Crippen LogP contribution in [0.4, 0.5) is 0 Å². The molecular weight excluding hydrogens is 823 g/mol. The number of allylic oxidation sites excluding steroid dienone is 2. The molecule has 0 saturated carbocycles. The monoisotopic (exact) mass is 935 g/mol. The number of nitrogens with zero attached hydrogens (tertiary/aromatic N) is 1. The van der Waals surface area contributed by atoms with Gasteiger partial charge in [0.1, 0.15) is 6.61 Å². The number of quaternary nitrogens is 1. The van der Waals surface area contributed by atoms with Crippen molar-refractivity contribution in [2.75, 3.05) is 41.0 Å². The molecule has 0 aliphatic rings. The zero-order valence-corrected chi connectivity index (χ0v) is 44.7. The van der Waals surface area contributed by atoms with Gasteiger partial charge >= 0.3 is 17.9 Å². The van der Waals surface area contributed by atoms with E-state index >= 15 is 0 Å². The zero-order chi connectivity index (χ0) is 48.4. The Morgan fingerprint density at radius 3 is 1.09 bits per heavy atom. The van der Waals surface area contributed by atoms with Crippen LogP contribution in [0.15, 0.2) is 12.2 Å². The normalized spacial score (nSPS) is 12.8. The number of aliphatic carboxylic acids is 1. The molecule has 0 aliphatic carbocycles. The van der Waals surface area contributed by atoms with E-state index in [1.807, 2.05) is 21.1 Å². The molecule has 0 aliphatic heterocycles. The van der Waals surface area contributed by atoms with E-state index in [2.05, 4.69) is 26.0 Å². The van der Waals surface area contributed by atoms with Gasteiger partial charge in [0.05, 0.1) is 34.4 Å². The lowest BCUT2D eigenvalue weighted by Crippen LogP contribution is -2.50. The third-order valence-corrected chi connectivity index (χ3v) is 13.4. The van der Waals surface area contributed by atoms with E-state index in [1.54, 1.807) is 0 Å². The average Bonchev–Trinajstić information content (AvgIpc) is 3.28. The molecule has 0 radical (unpaired) electrons.